The van der Waals surface area contributed by atoms with Crippen LogP contribution in [0, 0.1) is 0 Å². The fraction of sp³-hybridized carbons (Fsp3) is 0.471. The van der Waals surface area contributed by atoms with E-state index in [0.717, 1.165) is 18.4 Å². The average Bonchev–Trinajstić information content (AvgIpc) is 2.88. The average molecular weight is 330 g/mol. The van der Waals surface area contributed by atoms with Crippen molar-refractivity contribution in [3.63, 3.8) is 0 Å². The molecule has 122 valence electrons. The Bertz CT molecular complexity index is 635. The van der Waals surface area contributed by atoms with Crippen LogP contribution in [0.2, 0.25) is 0 Å². The summed E-state index contributed by atoms with van der Waals surface area (Å²) in [6.07, 6.45) is 7.16. The van der Waals surface area contributed by atoms with E-state index < -0.39 is 0 Å². The number of anilines is 1. The second kappa shape index (κ2) is 7.55. The van der Waals surface area contributed by atoms with Crippen LogP contribution in [0.3, 0.4) is 0 Å². The molecule has 1 heterocycles. The van der Waals surface area contributed by atoms with Crippen molar-refractivity contribution in [2.45, 2.75) is 44.6 Å². The number of nitrogens with zero attached hydrogens (tertiary/aromatic N) is 3. The summed E-state index contributed by atoms with van der Waals surface area (Å²) in [7, 11) is 1.88. The van der Waals surface area contributed by atoms with Gasteiger partial charge in [-0.25, -0.2) is 4.79 Å². The fourth-order valence-corrected chi connectivity index (χ4v) is 3.55. The number of benzene rings is 1. The molecule has 0 unspecified atom stereocenters. The number of aromatic nitrogens is 2. The summed E-state index contributed by atoms with van der Waals surface area (Å²) in [6, 6.07) is 10.0. The van der Waals surface area contributed by atoms with Crippen LogP contribution in [0.15, 0.2) is 30.3 Å². The smallest absolute Gasteiger partial charge is 0.323 e. The van der Waals surface area contributed by atoms with Crippen molar-refractivity contribution < 1.29 is 4.79 Å². The van der Waals surface area contributed by atoms with Gasteiger partial charge < -0.3 is 4.90 Å². The predicted octanol–water partition coefficient (Wildman–Crippen LogP) is 4.39. The van der Waals surface area contributed by atoms with Crippen LogP contribution in [0.5, 0.6) is 0 Å². The van der Waals surface area contributed by atoms with Crippen LogP contribution in [0.25, 0.3) is 11.4 Å². The summed E-state index contributed by atoms with van der Waals surface area (Å²) in [5.41, 5.74) is 0.960. The Morgan fingerprint density at radius 3 is 2.57 bits per heavy atom. The van der Waals surface area contributed by atoms with Gasteiger partial charge in [-0.1, -0.05) is 56.0 Å². The molecular formula is C17H22N4OS. The molecule has 2 aromatic rings. The molecule has 0 atom stereocenters. The zero-order valence-corrected chi connectivity index (χ0v) is 14.2. The third-order valence-electron chi connectivity index (χ3n) is 4.36. The van der Waals surface area contributed by atoms with E-state index >= 15 is 0 Å². The lowest BCUT2D eigenvalue weighted by molar-refractivity contribution is 0.197. The first-order valence-corrected chi connectivity index (χ1v) is 8.94. The van der Waals surface area contributed by atoms with Crippen LogP contribution in [0.1, 0.15) is 38.5 Å². The van der Waals surface area contributed by atoms with E-state index in [1.54, 1.807) is 0 Å². The second-order valence-corrected chi connectivity index (χ2v) is 6.73. The van der Waals surface area contributed by atoms with E-state index in [-0.39, 0.29) is 6.03 Å². The van der Waals surface area contributed by atoms with Gasteiger partial charge in [0.15, 0.2) is 5.82 Å². The molecule has 1 saturated carbocycles. The number of carbonyl (C=O) groups excluding carboxylic acids is 1. The molecule has 1 fully saturated rings. The molecular weight excluding hydrogens is 308 g/mol. The number of amides is 2. The Kier molecular flexibility index (Phi) is 5.23. The SMILES string of the molecule is CN(C(=O)Nc1nc(-c2ccccc2)ns1)C1CCCCCC1. The summed E-state index contributed by atoms with van der Waals surface area (Å²) in [6.45, 7) is 0. The van der Waals surface area contributed by atoms with Crippen LogP contribution in [-0.2, 0) is 0 Å². The van der Waals surface area contributed by atoms with Gasteiger partial charge in [0.25, 0.3) is 0 Å². The molecule has 0 spiro atoms. The first kappa shape index (κ1) is 15.9. The summed E-state index contributed by atoms with van der Waals surface area (Å²) >= 11 is 1.22. The van der Waals surface area contributed by atoms with Gasteiger partial charge in [0.2, 0.25) is 5.13 Å². The maximum atomic E-state index is 12.4. The Hall–Kier alpha value is -1.95. The van der Waals surface area contributed by atoms with Crippen molar-refractivity contribution in [2.75, 3.05) is 12.4 Å². The van der Waals surface area contributed by atoms with E-state index in [0.29, 0.717) is 17.0 Å². The fourth-order valence-electron chi connectivity index (χ4n) is 2.97. The second-order valence-electron chi connectivity index (χ2n) is 5.98. The van der Waals surface area contributed by atoms with Gasteiger partial charge >= 0.3 is 6.03 Å². The van der Waals surface area contributed by atoms with Crippen molar-refractivity contribution in [1.29, 1.82) is 0 Å². The highest BCUT2D eigenvalue weighted by molar-refractivity contribution is 7.10. The highest BCUT2D eigenvalue weighted by atomic mass is 32.1. The molecule has 23 heavy (non-hydrogen) atoms. The molecule has 0 bridgehead atoms. The monoisotopic (exact) mass is 330 g/mol. The van der Waals surface area contributed by atoms with Crippen LogP contribution in [-0.4, -0.2) is 33.4 Å². The number of hydrogen-bond acceptors (Lipinski definition) is 4. The minimum absolute atomic E-state index is 0.0901. The van der Waals surface area contributed by atoms with E-state index in [4.69, 9.17) is 0 Å². The lowest BCUT2D eigenvalue weighted by Crippen LogP contribution is -2.39. The van der Waals surface area contributed by atoms with Gasteiger partial charge in [-0.2, -0.15) is 9.36 Å². The first-order valence-electron chi connectivity index (χ1n) is 8.17. The van der Waals surface area contributed by atoms with Gasteiger partial charge in [0, 0.05) is 30.2 Å². The normalized spacial score (nSPS) is 15.9. The molecule has 6 heteroatoms. The number of hydrogen-bond donors (Lipinski definition) is 1. The third-order valence-corrected chi connectivity index (χ3v) is 5.00. The zero-order valence-electron chi connectivity index (χ0n) is 13.4. The Morgan fingerprint density at radius 2 is 1.87 bits per heavy atom. The maximum absolute atomic E-state index is 12.4. The molecule has 0 aliphatic heterocycles. The molecule has 5 nitrogen and oxygen atoms in total. The van der Waals surface area contributed by atoms with E-state index in [9.17, 15) is 4.79 Å². The molecule has 1 aliphatic carbocycles. The van der Waals surface area contributed by atoms with Crippen molar-refractivity contribution >= 4 is 22.7 Å². The summed E-state index contributed by atoms with van der Waals surface area (Å²) < 4.78 is 4.32. The van der Waals surface area contributed by atoms with Crippen LogP contribution >= 0.6 is 11.5 Å². The van der Waals surface area contributed by atoms with Gasteiger partial charge in [-0.3, -0.25) is 5.32 Å². The molecule has 2 amide bonds. The van der Waals surface area contributed by atoms with Crippen molar-refractivity contribution in [2.24, 2.45) is 0 Å². The lowest BCUT2D eigenvalue weighted by Gasteiger charge is -2.26. The van der Waals surface area contributed by atoms with E-state index in [1.807, 2.05) is 42.3 Å². The maximum Gasteiger partial charge on any atom is 0.323 e. The molecule has 1 aliphatic rings. The van der Waals surface area contributed by atoms with Crippen LogP contribution in [0.4, 0.5) is 9.93 Å². The van der Waals surface area contributed by atoms with Crippen LogP contribution < -0.4 is 5.32 Å². The quantitative estimate of drug-likeness (QED) is 0.849. The number of carbonyl (C=O) groups is 1. The minimum Gasteiger partial charge on any atom is -0.325 e. The van der Waals surface area contributed by atoms with Gasteiger partial charge in [0.1, 0.15) is 0 Å². The molecule has 1 aromatic carbocycles. The number of nitrogens with one attached hydrogen (secondary N) is 1. The lowest BCUT2D eigenvalue weighted by atomic mass is 10.1. The number of rotatable bonds is 3. The predicted molar refractivity (Wildman–Crippen MR) is 93.6 cm³/mol. The number of urea groups is 1. The Morgan fingerprint density at radius 1 is 1.17 bits per heavy atom. The Balaban J connectivity index is 1.62. The first-order chi connectivity index (χ1) is 11.2. The summed E-state index contributed by atoms with van der Waals surface area (Å²) in [5.74, 6) is 0.656. The van der Waals surface area contributed by atoms with Crippen molar-refractivity contribution in [3.05, 3.63) is 30.3 Å². The van der Waals surface area contributed by atoms with E-state index in [1.165, 1.54) is 37.2 Å². The molecule has 3 rings (SSSR count). The third kappa shape index (κ3) is 4.07. The molecule has 0 saturated heterocycles. The highest BCUT2D eigenvalue weighted by Gasteiger charge is 2.22. The zero-order chi connectivity index (χ0) is 16.1. The van der Waals surface area contributed by atoms with Gasteiger partial charge in [-0.05, 0) is 12.8 Å². The molecule has 1 aromatic heterocycles. The van der Waals surface area contributed by atoms with Crippen molar-refractivity contribution in [3.8, 4) is 11.4 Å². The molecule has 0 radical (unpaired) electrons. The highest BCUT2D eigenvalue weighted by Crippen LogP contribution is 2.23. The van der Waals surface area contributed by atoms with Gasteiger partial charge in [0.05, 0.1) is 0 Å². The van der Waals surface area contributed by atoms with E-state index in [2.05, 4.69) is 14.7 Å². The molecule has 1 N–H and O–H groups in total. The standard InChI is InChI=1S/C17H22N4OS/c1-21(14-11-7-2-3-8-12-14)17(22)19-16-18-15(20-23-16)13-9-5-4-6-10-13/h4-6,9-10,14H,2-3,7-8,11-12H2,1H3,(H,18,19,20,22). The summed E-state index contributed by atoms with van der Waals surface area (Å²) in [4.78, 5) is 18.7. The topological polar surface area (TPSA) is 58.1 Å². The van der Waals surface area contributed by atoms with Gasteiger partial charge in [-0.15, -0.1) is 0 Å². The largest absolute Gasteiger partial charge is 0.325 e. The van der Waals surface area contributed by atoms with Crippen molar-refractivity contribution in [1.82, 2.24) is 14.3 Å². The summed E-state index contributed by atoms with van der Waals surface area (Å²) in [5, 5.41) is 3.43. The minimum atomic E-state index is -0.0901. The Labute approximate surface area is 140 Å².